The fourth-order valence-corrected chi connectivity index (χ4v) is 0.778. The summed E-state index contributed by atoms with van der Waals surface area (Å²) in [6.45, 7) is 1.40. The first kappa shape index (κ1) is 7.08. The molecule has 4 nitrogen and oxygen atoms in total. The van der Waals surface area contributed by atoms with Gasteiger partial charge in [-0.25, -0.2) is 0 Å². The van der Waals surface area contributed by atoms with E-state index in [1.165, 1.54) is 7.05 Å². The maximum absolute atomic E-state index is 10.9. The molecule has 0 aromatic carbocycles. The number of hydrogen-bond acceptors (Lipinski definition) is 3. The topological polar surface area (TPSA) is 55.4 Å². The lowest BCUT2D eigenvalue weighted by Gasteiger charge is -1.85. The molecule has 0 fully saturated rings. The Balaban J connectivity index is 3.31. The van der Waals surface area contributed by atoms with E-state index < -0.39 is 0 Å². The van der Waals surface area contributed by atoms with E-state index in [-0.39, 0.29) is 12.2 Å². The number of rotatable bonds is 1. The minimum absolute atomic E-state index is 0.191. The van der Waals surface area contributed by atoms with Crippen LogP contribution in [0.5, 0.6) is 0 Å². The highest BCUT2D eigenvalue weighted by Crippen LogP contribution is 2.01. The summed E-state index contributed by atoms with van der Waals surface area (Å²) < 4.78 is 5.95. The van der Waals surface area contributed by atoms with Crippen molar-refractivity contribution < 1.29 is 9.63 Å². The summed E-state index contributed by atoms with van der Waals surface area (Å²) in [6, 6.07) is 0. The van der Waals surface area contributed by atoms with Crippen molar-refractivity contribution >= 4 is 0 Å². The number of aromatic nitrogens is 1. The molecule has 0 atom stereocenters. The van der Waals surface area contributed by atoms with Gasteiger partial charge in [0.2, 0.25) is 0 Å². The Bertz CT molecular complexity index is 284. The molecule has 1 rings (SSSR count). The second-order valence-electron chi connectivity index (χ2n) is 2.10. The van der Waals surface area contributed by atoms with Crippen molar-refractivity contribution in [3.63, 3.8) is 0 Å². The van der Waals surface area contributed by atoms with Crippen LogP contribution in [0, 0.1) is 6.92 Å². The van der Waals surface area contributed by atoms with E-state index in [1.807, 2.05) is 0 Å². The van der Waals surface area contributed by atoms with Crippen LogP contribution in [0.25, 0.3) is 0 Å². The summed E-state index contributed by atoms with van der Waals surface area (Å²) >= 11 is 0. The Labute approximate surface area is 57.7 Å². The number of aliphatic hydroxyl groups is 1. The zero-order valence-corrected chi connectivity index (χ0v) is 5.92. The van der Waals surface area contributed by atoms with E-state index in [1.54, 1.807) is 6.92 Å². The minimum Gasteiger partial charge on any atom is -0.388 e. The van der Waals surface area contributed by atoms with Crippen LogP contribution in [0.3, 0.4) is 0 Å². The minimum atomic E-state index is -0.220. The largest absolute Gasteiger partial charge is 0.388 e. The summed E-state index contributed by atoms with van der Waals surface area (Å²) in [5, 5.41) is 8.61. The molecule has 0 aliphatic rings. The first-order chi connectivity index (χ1) is 4.66. The smallest absolute Gasteiger partial charge is 0.285 e. The molecule has 4 heteroatoms. The van der Waals surface area contributed by atoms with Crippen molar-refractivity contribution in [2.24, 2.45) is 7.05 Å². The zero-order chi connectivity index (χ0) is 7.72. The average molecular weight is 143 g/mol. The van der Waals surface area contributed by atoms with Crippen molar-refractivity contribution in [2.75, 3.05) is 0 Å². The van der Waals surface area contributed by atoms with E-state index in [9.17, 15) is 4.79 Å². The molecule has 1 heterocycles. The van der Waals surface area contributed by atoms with Crippen molar-refractivity contribution in [1.29, 1.82) is 0 Å². The maximum atomic E-state index is 10.9. The molecule has 1 N–H and O–H groups in total. The molecule has 0 radical (unpaired) electrons. The Hall–Kier alpha value is -1.03. The van der Waals surface area contributed by atoms with Gasteiger partial charge in [0.15, 0.2) is 5.76 Å². The van der Waals surface area contributed by atoms with Crippen molar-refractivity contribution in [3.05, 3.63) is 21.7 Å². The number of hydrogen-bond donors (Lipinski definition) is 1. The van der Waals surface area contributed by atoms with Crippen LogP contribution in [0.2, 0.25) is 0 Å². The van der Waals surface area contributed by atoms with Crippen LogP contribution in [-0.4, -0.2) is 9.85 Å². The molecule has 0 saturated heterocycles. The van der Waals surface area contributed by atoms with Crippen LogP contribution < -0.4 is 5.56 Å². The second-order valence-corrected chi connectivity index (χ2v) is 2.10. The van der Waals surface area contributed by atoms with Crippen LogP contribution in [0.15, 0.2) is 9.32 Å². The highest BCUT2D eigenvalue weighted by molar-refractivity contribution is 5.10. The van der Waals surface area contributed by atoms with Gasteiger partial charge in [-0.3, -0.25) is 4.79 Å². The fourth-order valence-electron chi connectivity index (χ4n) is 0.778. The second kappa shape index (κ2) is 2.30. The van der Waals surface area contributed by atoms with Gasteiger partial charge < -0.3 is 9.63 Å². The SMILES string of the molecule is Cc1c(CO)on(C)c1=O. The Kier molecular flexibility index (Phi) is 1.63. The normalized spacial score (nSPS) is 10.3. The van der Waals surface area contributed by atoms with E-state index in [0.717, 1.165) is 4.74 Å². The van der Waals surface area contributed by atoms with Crippen molar-refractivity contribution in [3.8, 4) is 0 Å². The standard InChI is InChI=1S/C6H9NO3/c1-4-5(3-8)10-7(2)6(4)9/h8H,3H2,1-2H3. The lowest BCUT2D eigenvalue weighted by Crippen LogP contribution is -2.11. The van der Waals surface area contributed by atoms with Gasteiger partial charge in [-0.05, 0) is 6.92 Å². The highest BCUT2D eigenvalue weighted by Gasteiger charge is 2.07. The monoisotopic (exact) mass is 143 g/mol. The third kappa shape index (κ3) is 0.863. The molecule has 0 amide bonds. The van der Waals surface area contributed by atoms with Gasteiger partial charge >= 0.3 is 0 Å². The van der Waals surface area contributed by atoms with E-state index in [2.05, 4.69) is 0 Å². The van der Waals surface area contributed by atoms with Gasteiger partial charge in [0, 0.05) is 7.05 Å². The van der Waals surface area contributed by atoms with Gasteiger partial charge in [-0.2, -0.15) is 4.74 Å². The maximum Gasteiger partial charge on any atom is 0.285 e. The molecular weight excluding hydrogens is 134 g/mol. The Morgan fingerprint density at radius 3 is 2.50 bits per heavy atom. The summed E-state index contributed by atoms with van der Waals surface area (Å²) in [5.41, 5.74) is 0.286. The van der Waals surface area contributed by atoms with Crippen LogP contribution in [-0.2, 0) is 13.7 Å². The first-order valence-electron chi connectivity index (χ1n) is 2.93. The van der Waals surface area contributed by atoms with Crippen LogP contribution >= 0.6 is 0 Å². The quantitative estimate of drug-likeness (QED) is 0.591. The number of aliphatic hydroxyl groups excluding tert-OH is 1. The molecule has 1 aromatic rings. The van der Waals surface area contributed by atoms with Gasteiger partial charge in [-0.15, -0.1) is 0 Å². The molecule has 56 valence electrons. The predicted octanol–water partition coefficient (Wildman–Crippen LogP) is -0.221. The summed E-state index contributed by atoms with van der Waals surface area (Å²) in [4.78, 5) is 10.9. The van der Waals surface area contributed by atoms with E-state index in [4.69, 9.17) is 9.63 Å². The lowest BCUT2D eigenvalue weighted by atomic mass is 10.3. The predicted molar refractivity (Wildman–Crippen MR) is 34.6 cm³/mol. The van der Waals surface area contributed by atoms with Gasteiger partial charge in [-0.1, -0.05) is 0 Å². The summed E-state index contributed by atoms with van der Waals surface area (Å²) in [6.07, 6.45) is 0. The average Bonchev–Trinajstić information content (AvgIpc) is 2.17. The molecule has 10 heavy (non-hydrogen) atoms. The molecule has 0 spiro atoms. The molecule has 1 aromatic heterocycles. The van der Waals surface area contributed by atoms with Crippen molar-refractivity contribution in [2.45, 2.75) is 13.5 Å². The van der Waals surface area contributed by atoms with Crippen LogP contribution in [0.4, 0.5) is 0 Å². The van der Waals surface area contributed by atoms with E-state index >= 15 is 0 Å². The third-order valence-corrected chi connectivity index (χ3v) is 1.42. The molecule has 0 bridgehead atoms. The molecular formula is C6H9NO3. The van der Waals surface area contributed by atoms with Crippen LogP contribution in [0.1, 0.15) is 11.3 Å². The molecule has 0 saturated carbocycles. The highest BCUT2D eigenvalue weighted by atomic mass is 16.5. The number of aryl methyl sites for hydroxylation is 1. The lowest BCUT2D eigenvalue weighted by molar-refractivity contribution is 0.198. The zero-order valence-electron chi connectivity index (χ0n) is 5.92. The molecule has 0 unspecified atom stereocenters. The third-order valence-electron chi connectivity index (χ3n) is 1.42. The van der Waals surface area contributed by atoms with E-state index in [0.29, 0.717) is 11.3 Å². The molecule has 0 aliphatic heterocycles. The summed E-state index contributed by atoms with van der Waals surface area (Å²) in [7, 11) is 1.51. The Morgan fingerprint density at radius 2 is 2.30 bits per heavy atom. The van der Waals surface area contributed by atoms with Gasteiger partial charge in [0.1, 0.15) is 6.61 Å². The van der Waals surface area contributed by atoms with Crippen molar-refractivity contribution in [1.82, 2.24) is 4.74 Å². The first-order valence-corrected chi connectivity index (χ1v) is 2.93. The van der Waals surface area contributed by atoms with Gasteiger partial charge in [0.25, 0.3) is 5.56 Å². The summed E-state index contributed by atoms with van der Waals surface area (Å²) in [5.74, 6) is 0.340. The van der Waals surface area contributed by atoms with Gasteiger partial charge in [0.05, 0.1) is 5.56 Å². The fraction of sp³-hybridized carbons (Fsp3) is 0.500. The molecule has 0 aliphatic carbocycles. The Morgan fingerprint density at radius 1 is 1.70 bits per heavy atom. The number of nitrogens with zero attached hydrogens (tertiary/aromatic N) is 1.